The minimum absolute atomic E-state index is 0.369. The molecule has 2 aromatic carbocycles. The van der Waals surface area contributed by atoms with Gasteiger partial charge in [0.2, 0.25) is 0 Å². The number of benzene rings is 2. The van der Waals surface area contributed by atoms with E-state index in [0.29, 0.717) is 11.3 Å². The maximum Gasteiger partial charge on any atom is 0.341 e. The Balaban J connectivity index is 2.06. The quantitative estimate of drug-likeness (QED) is 0.726. The zero-order chi connectivity index (χ0) is 13.2. The predicted molar refractivity (Wildman–Crippen MR) is 70.2 cm³/mol. The van der Waals surface area contributed by atoms with Crippen molar-refractivity contribution in [3.63, 3.8) is 0 Å². The monoisotopic (exact) mass is 254 g/mol. The van der Waals surface area contributed by atoms with Crippen molar-refractivity contribution in [1.82, 2.24) is 9.97 Å². The number of aromatic nitrogens is 2. The van der Waals surface area contributed by atoms with Crippen LogP contribution in [-0.2, 0) is 4.79 Å². The number of carboxylic acid groups (broad SMARTS) is 1. The van der Waals surface area contributed by atoms with Gasteiger partial charge in [-0.25, -0.2) is 14.8 Å². The maximum atomic E-state index is 10.5. The summed E-state index contributed by atoms with van der Waals surface area (Å²) in [7, 11) is 0. The van der Waals surface area contributed by atoms with Crippen molar-refractivity contribution in [2.24, 2.45) is 0 Å². The van der Waals surface area contributed by atoms with Crippen LogP contribution >= 0.6 is 0 Å². The second kappa shape index (κ2) is 4.53. The molecule has 1 N–H and O–H groups in total. The lowest BCUT2D eigenvalue weighted by Crippen LogP contribution is -2.09. The van der Waals surface area contributed by atoms with E-state index in [0.717, 1.165) is 16.6 Å². The Morgan fingerprint density at radius 2 is 1.63 bits per heavy atom. The lowest BCUT2D eigenvalue weighted by Gasteiger charge is -2.05. The number of carbonyl (C=O) groups is 1. The van der Waals surface area contributed by atoms with Crippen LogP contribution in [0.1, 0.15) is 0 Å². The molecule has 0 aliphatic rings. The van der Waals surface area contributed by atoms with E-state index in [1.54, 1.807) is 18.2 Å². The molecule has 5 nitrogen and oxygen atoms in total. The van der Waals surface area contributed by atoms with Gasteiger partial charge in [0.1, 0.15) is 5.75 Å². The first kappa shape index (κ1) is 11.4. The molecule has 3 aromatic rings. The molecule has 0 amide bonds. The highest BCUT2D eigenvalue weighted by atomic mass is 16.5. The molecule has 0 bridgehead atoms. The summed E-state index contributed by atoms with van der Waals surface area (Å²) in [4.78, 5) is 19.4. The molecule has 0 saturated heterocycles. The summed E-state index contributed by atoms with van der Waals surface area (Å²) in [6.45, 7) is -0.369. The molecular weight excluding hydrogens is 244 g/mol. The Kier molecular flexibility index (Phi) is 2.72. The van der Waals surface area contributed by atoms with Gasteiger partial charge >= 0.3 is 5.97 Å². The number of aliphatic carboxylic acids is 1. The first-order valence-electron chi connectivity index (χ1n) is 5.73. The molecule has 0 aliphatic carbocycles. The second-order valence-corrected chi connectivity index (χ2v) is 4.05. The number of carboxylic acids is 1. The first-order chi connectivity index (χ1) is 9.22. The van der Waals surface area contributed by atoms with Gasteiger partial charge in [-0.15, -0.1) is 0 Å². The smallest absolute Gasteiger partial charge is 0.341 e. The van der Waals surface area contributed by atoms with E-state index in [9.17, 15) is 4.79 Å². The second-order valence-electron chi connectivity index (χ2n) is 4.05. The van der Waals surface area contributed by atoms with Crippen LogP contribution < -0.4 is 4.74 Å². The molecule has 0 saturated carbocycles. The highest BCUT2D eigenvalue weighted by molar-refractivity contribution is 5.86. The van der Waals surface area contributed by atoms with Gasteiger partial charge in [0, 0.05) is 6.07 Å². The molecule has 1 aromatic heterocycles. The summed E-state index contributed by atoms with van der Waals surface area (Å²) >= 11 is 0. The summed E-state index contributed by atoms with van der Waals surface area (Å²) in [5.41, 5.74) is 3.06. The van der Waals surface area contributed by atoms with Gasteiger partial charge in [-0.3, -0.25) is 0 Å². The predicted octanol–water partition coefficient (Wildman–Crippen LogP) is 2.25. The fourth-order valence-electron chi connectivity index (χ4n) is 1.83. The van der Waals surface area contributed by atoms with Gasteiger partial charge < -0.3 is 9.84 Å². The largest absolute Gasteiger partial charge is 0.482 e. The van der Waals surface area contributed by atoms with Crippen LogP contribution in [0.2, 0.25) is 0 Å². The molecule has 94 valence electrons. The molecule has 0 aliphatic heterocycles. The van der Waals surface area contributed by atoms with E-state index in [4.69, 9.17) is 9.84 Å². The fraction of sp³-hybridized carbons (Fsp3) is 0.0714. The van der Waals surface area contributed by atoms with E-state index >= 15 is 0 Å². The van der Waals surface area contributed by atoms with Crippen molar-refractivity contribution in [3.8, 4) is 5.75 Å². The van der Waals surface area contributed by atoms with Gasteiger partial charge in [-0.05, 0) is 24.3 Å². The van der Waals surface area contributed by atoms with E-state index in [2.05, 4.69) is 9.97 Å². The number of ether oxygens (including phenoxy) is 1. The number of para-hydroxylation sites is 2. The fourth-order valence-corrected chi connectivity index (χ4v) is 1.83. The third kappa shape index (κ3) is 2.30. The van der Waals surface area contributed by atoms with Crippen molar-refractivity contribution in [2.45, 2.75) is 0 Å². The molecule has 0 atom stereocenters. The van der Waals surface area contributed by atoms with Crippen LogP contribution in [0.4, 0.5) is 0 Å². The standard InChI is InChI=1S/C14H10N2O3/c17-14(18)8-19-9-5-6-12-13(7-9)16-11-4-2-1-3-10(11)15-12/h1-7H,8H2,(H,17,18). The van der Waals surface area contributed by atoms with Gasteiger partial charge in [0.05, 0.1) is 22.1 Å². The highest BCUT2D eigenvalue weighted by Gasteiger charge is 2.04. The number of nitrogens with zero attached hydrogens (tertiary/aromatic N) is 2. The lowest BCUT2D eigenvalue weighted by atomic mass is 10.2. The van der Waals surface area contributed by atoms with Crippen LogP contribution in [0.15, 0.2) is 42.5 Å². The minimum Gasteiger partial charge on any atom is -0.482 e. The van der Waals surface area contributed by atoms with Gasteiger partial charge in [0.25, 0.3) is 0 Å². The van der Waals surface area contributed by atoms with Gasteiger partial charge in [-0.1, -0.05) is 12.1 Å². The van der Waals surface area contributed by atoms with Crippen LogP contribution in [0, 0.1) is 0 Å². The number of rotatable bonds is 3. The third-order valence-corrected chi connectivity index (χ3v) is 2.67. The minimum atomic E-state index is -1.01. The number of hydrogen-bond donors (Lipinski definition) is 1. The molecule has 3 rings (SSSR count). The summed E-state index contributed by atoms with van der Waals surface area (Å²) in [6.07, 6.45) is 0. The molecule has 19 heavy (non-hydrogen) atoms. The Bertz CT molecular complexity index is 771. The highest BCUT2D eigenvalue weighted by Crippen LogP contribution is 2.20. The Morgan fingerprint density at radius 1 is 1.00 bits per heavy atom. The number of hydrogen-bond acceptors (Lipinski definition) is 4. The maximum absolute atomic E-state index is 10.5. The zero-order valence-corrected chi connectivity index (χ0v) is 9.91. The summed E-state index contributed by atoms with van der Waals surface area (Å²) < 4.78 is 5.12. The molecule has 0 spiro atoms. The van der Waals surface area contributed by atoms with Crippen molar-refractivity contribution in [2.75, 3.05) is 6.61 Å². The zero-order valence-electron chi connectivity index (χ0n) is 9.91. The molecule has 1 heterocycles. The van der Waals surface area contributed by atoms with Crippen LogP contribution in [0.3, 0.4) is 0 Å². The Labute approximate surface area is 108 Å². The van der Waals surface area contributed by atoms with Gasteiger partial charge in [-0.2, -0.15) is 0 Å². The van der Waals surface area contributed by atoms with Crippen molar-refractivity contribution in [1.29, 1.82) is 0 Å². The van der Waals surface area contributed by atoms with Gasteiger partial charge in [0.15, 0.2) is 6.61 Å². The molecule has 5 heteroatoms. The average Bonchev–Trinajstić information content (AvgIpc) is 2.42. The molecule has 0 unspecified atom stereocenters. The first-order valence-corrected chi connectivity index (χ1v) is 5.73. The SMILES string of the molecule is O=C(O)COc1ccc2nc3ccccc3nc2c1. The van der Waals surface area contributed by atoms with E-state index < -0.39 is 5.97 Å². The summed E-state index contributed by atoms with van der Waals surface area (Å²) in [6, 6.07) is 12.7. The van der Waals surface area contributed by atoms with Crippen molar-refractivity contribution >= 4 is 28.0 Å². The van der Waals surface area contributed by atoms with E-state index in [1.807, 2.05) is 24.3 Å². The average molecular weight is 254 g/mol. The van der Waals surface area contributed by atoms with Crippen LogP contribution in [0.5, 0.6) is 5.75 Å². The summed E-state index contributed by atoms with van der Waals surface area (Å²) in [5, 5.41) is 8.58. The van der Waals surface area contributed by atoms with Crippen molar-refractivity contribution in [3.05, 3.63) is 42.5 Å². The Morgan fingerprint density at radius 3 is 2.32 bits per heavy atom. The van der Waals surface area contributed by atoms with E-state index in [1.165, 1.54) is 0 Å². The number of fused-ring (bicyclic) bond motifs is 2. The van der Waals surface area contributed by atoms with Crippen LogP contribution in [0.25, 0.3) is 22.1 Å². The molecule has 0 radical (unpaired) electrons. The third-order valence-electron chi connectivity index (χ3n) is 2.67. The van der Waals surface area contributed by atoms with Crippen LogP contribution in [-0.4, -0.2) is 27.7 Å². The molecule has 0 fully saturated rings. The lowest BCUT2D eigenvalue weighted by molar-refractivity contribution is -0.139. The topological polar surface area (TPSA) is 72.3 Å². The Hall–Kier alpha value is -2.69. The normalized spacial score (nSPS) is 10.7. The van der Waals surface area contributed by atoms with E-state index in [-0.39, 0.29) is 6.61 Å². The van der Waals surface area contributed by atoms with Crippen molar-refractivity contribution < 1.29 is 14.6 Å². The molecular formula is C14H10N2O3. The summed E-state index contributed by atoms with van der Waals surface area (Å²) in [5.74, 6) is -0.538.